The van der Waals surface area contributed by atoms with Crippen LogP contribution < -0.4 is 15.2 Å². The maximum Gasteiger partial charge on any atom is 0.175 e. The van der Waals surface area contributed by atoms with E-state index >= 15 is 0 Å². The first-order valence-corrected chi connectivity index (χ1v) is 7.29. The molecule has 0 heterocycles. The molecule has 0 amide bonds. The number of hydrogen-bond donors (Lipinski definition) is 1. The Labute approximate surface area is 123 Å². The quantitative estimate of drug-likeness (QED) is 0.707. The fourth-order valence-corrected chi connectivity index (χ4v) is 2.31. The summed E-state index contributed by atoms with van der Waals surface area (Å²) in [6.07, 6.45) is 1.67. The summed E-state index contributed by atoms with van der Waals surface area (Å²) in [5, 5.41) is 0. The molecule has 4 nitrogen and oxygen atoms in total. The molecule has 0 aliphatic carbocycles. The number of ether oxygens (including phenoxy) is 3. The minimum atomic E-state index is 0.602. The molecule has 0 saturated carbocycles. The van der Waals surface area contributed by atoms with Gasteiger partial charge in [-0.15, -0.1) is 0 Å². The minimum absolute atomic E-state index is 0.602. The number of halogens is 1. The molecule has 1 aromatic rings. The highest BCUT2D eigenvalue weighted by atomic mass is 79.9. The van der Waals surface area contributed by atoms with E-state index < -0.39 is 0 Å². The zero-order valence-electron chi connectivity index (χ0n) is 11.6. The second-order valence-corrected chi connectivity index (χ2v) is 4.90. The van der Waals surface area contributed by atoms with Gasteiger partial charge < -0.3 is 19.9 Å². The van der Waals surface area contributed by atoms with Gasteiger partial charge in [0.2, 0.25) is 0 Å². The van der Waals surface area contributed by atoms with Crippen LogP contribution in [-0.4, -0.2) is 33.5 Å². The smallest absolute Gasteiger partial charge is 0.175 e. The van der Waals surface area contributed by atoms with Gasteiger partial charge >= 0.3 is 0 Å². The molecular weight excluding hydrogens is 310 g/mol. The maximum atomic E-state index is 5.76. The van der Waals surface area contributed by atoms with Gasteiger partial charge in [-0.25, -0.2) is 0 Å². The number of methoxy groups -OCH3 is 1. The molecule has 0 aromatic heterocycles. The van der Waals surface area contributed by atoms with Crippen molar-refractivity contribution in [3.63, 3.8) is 0 Å². The summed E-state index contributed by atoms with van der Waals surface area (Å²) in [4.78, 5) is 0. The van der Waals surface area contributed by atoms with Gasteiger partial charge in [-0.2, -0.15) is 0 Å². The van der Waals surface area contributed by atoms with Gasteiger partial charge in [-0.1, -0.05) is 0 Å². The standard InChI is InChI=1S/C14H22BrNO3/c1-3-18-7-4-8-19-14-12(15)9-11(5-6-16)10-13(14)17-2/h9-10H,3-8,16H2,1-2H3. The van der Waals surface area contributed by atoms with Crippen molar-refractivity contribution in [3.8, 4) is 11.5 Å². The topological polar surface area (TPSA) is 53.7 Å². The van der Waals surface area contributed by atoms with E-state index in [1.54, 1.807) is 7.11 Å². The maximum absolute atomic E-state index is 5.76. The Balaban J connectivity index is 2.65. The highest BCUT2D eigenvalue weighted by Crippen LogP contribution is 2.36. The largest absolute Gasteiger partial charge is 0.493 e. The summed E-state index contributed by atoms with van der Waals surface area (Å²) in [6, 6.07) is 3.99. The third kappa shape index (κ3) is 5.38. The highest BCUT2D eigenvalue weighted by molar-refractivity contribution is 9.10. The normalized spacial score (nSPS) is 10.5. The van der Waals surface area contributed by atoms with E-state index in [0.717, 1.165) is 41.0 Å². The van der Waals surface area contributed by atoms with Gasteiger partial charge in [0.15, 0.2) is 11.5 Å². The molecule has 1 rings (SSSR count). The lowest BCUT2D eigenvalue weighted by Gasteiger charge is -2.14. The van der Waals surface area contributed by atoms with Gasteiger partial charge in [-0.05, 0) is 53.5 Å². The van der Waals surface area contributed by atoms with E-state index in [2.05, 4.69) is 15.9 Å². The fourth-order valence-electron chi connectivity index (χ4n) is 1.70. The summed E-state index contributed by atoms with van der Waals surface area (Å²) in [6.45, 7) is 4.65. The molecule has 0 aliphatic heterocycles. The monoisotopic (exact) mass is 331 g/mol. The van der Waals surface area contributed by atoms with Gasteiger partial charge in [0.1, 0.15) is 0 Å². The van der Waals surface area contributed by atoms with E-state index in [-0.39, 0.29) is 0 Å². The molecular formula is C14H22BrNO3. The second-order valence-electron chi connectivity index (χ2n) is 4.05. The van der Waals surface area contributed by atoms with E-state index in [1.165, 1.54) is 0 Å². The van der Waals surface area contributed by atoms with Crippen LogP contribution in [0.1, 0.15) is 18.9 Å². The van der Waals surface area contributed by atoms with E-state index in [4.69, 9.17) is 19.9 Å². The molecule has 0 fully saturated rings. The van der Waals surface area contributed by atoms with Crippen molar-refractivity contribution in [1.29, 1.82) is 0 Å². The average molecular weight is 332 g/mol. The highest BCUT2D eigenvalue weighted by Gasteiger charge is 2.11. The van der Waals surface area contributed by atoms with Crippen LogP contribution in [0, 0.1) is 0 Å². The molecule has 0 aliphatic rings. The first kappa shape index (κ1) is 16.3. The first-order chi connectivity index (χ1) is 9.22. The average Bonchev–Trinajstić information content (AvgIpc) is 2.40. The molecule has 19 heavy (non-hydrogen) atoms. The Morgan fingerprint density at radius 1 is 1.26 bits per heavy atom. The lowest BCUT2D eigenvalue weighted by atomic mass is 10.1. The fraction of sp³-hybridized carbons (Fsp3) is 0.571. The van der Waals surface area contributed by atoms with E-state index in [0.29, 0.717) is 19.8 Å². The van der Waals surface area contributed by atoms with Crippen LogP contribution in [0.5, 0.6) is 11.5 Å². The van der Waals surface area contributed by atoms with Crippen LogP contribution in [0.25, 0.3) is 0 Å². The zero-order valence-corrected chi connectivity index (χ0v) is 13.2. The van der Waals surface area contributed by atoms with Crippen LogP contribution >= 0.6 is 15.9 Å². The molecule has 0 saturated heterocycles. The molecule has 1 aromatic carbocycles. The third-order valence-electron chi connectivity index (χ3n) is 2.61. The Morgan fingerprint density at radius 3 is 2.68 bits per heavy atom. The van der Waals surface area contributed by atoms with Crippen LogP contribution in [0.4, 0.5) is 0 Å². The van der Waals surface area contributed by atoms with Crippen LogP contribution in [0.2, 0.25) is 0 Å². The lowest BCUT2D eigenvalue weighted by molar-refractivity contribution is 0.130. The number of rotatable bonds is 9. The predicted molar refractivity (Wildman–Crippen MR) is 80.1 cm³/mol. The van der Waals surface area contributed by atoms with Gasteiger partial charge in [-0.3, -0.25) is 0 Å². The molecule has 0 atom stereocenters. The second kappa shape index (κ2) is 9.18. The Kier molecular flexibility index (Phi) is 7.86. The van der Waals surface area contributed by atoms with Gasteiger partial charge in [0, 0.05) is 19.6 Å². The number of hydrogen-bond acceptors (Lipinski definition) is 4. The molecule has 0 spiro atoms. The van der Waals surface area contributed by atoms with Gasteiger partial charge in [0.25, 0.3) is 0 Å². The lowest BCUT2D eigenvalue weighted by Crippen LogP contribution is -2.06. The van der Waals surface area contributed by atoms with Crippen molar-refractivity contribution in [2.45, 2.75) is 19.8 Å². The van der Waals surface area contributed by atoms with Crippen LogP contribution in [0.15, 0.2) is 16.6 Å². The molecule has 0 unspecified atom stereocenters. The van der Waals surface area contributed by atoms with Crippen molar-refractivity contribution >= 4 is 15.9 Å². The molecule has 0 bridgehead atoms. The minimum Gasteiger partial charge on any atom is -0.493 e. The third-order valence-corrected chi connectivity index (χ3v) is 3.19. The predicted octanol–water partition coefficient (Wildman–Crippen LogP) is 2.76. The van der Waals surface area contributed by atoms with Crippen molar-refractivity contribution in [2.24, 2.45) is 5.73 Å². The zero-order chi connectivity index (χ0) is 14.1. The SMILES string of the molecule is CCOCCCOc1c(Br)cc(CCN)cc1OC. The molecule has 0 radical (unpaired) electrons. The Hall–Kier alpha value is -0.780. The molecule has 2 N–H and O–H groups in total. The summed E-state index contributed by atoms with van der Waals surface area (Å²) < 4.78 is 17.3. The van der Waals surface area contributed by atoms with Crippen molar-refractivity contribution < 1.29 is 14.2 Å². The van der Waals surface area contributed by atoms with E-state index in [1.807, 2.05) is 19.1 Å². The van der Waals surface area contributed by atoms with Crippen LogP contribution in [0.3, 0.4) is 0 Å². The molecule has 108 valence electrons. The van der Waals surface area contributed by atoms with Crippen LogP contribution in [-0.2, 0) is 11.2 Å². The van der Waals surface area contributed by atoms with Crippen molar-refractivity contribution in [2.75, 3.05) is 33.5 Å². The summed E-state index contributed by atoms with van der Waals surface area (Å²) in [7, 11) is 1.64. The Morgan fingerprint density at radius 2 is 2.05 bits per heavy atom. The summed E-state index contributed by atoms with van der Waals surface area (Å²) >= 11 is 3.51. The van der Waals surface area contributed by atoms with Crippen molar-refractivity contribution in [1.82, 2.24) is 0 Å². The number of nitrogens with two attached hydrogens (primary N) is 1. The van der Waals surface area contributed by atoms with E-state index in [9.17, 15) is 0 Å². The Bertz CT molecular complexity index is 385. The summed E-state index contributed by atoms with van der Waals surface area (Å²) in [5.41, 5.74) is 6.70. The molecule has 5 heteroatoms. The first-order valence-electron chi connectivity index (χ1n) is 6.50. The summed E-state index contributed by atoms with van der Waals surface area (Å²) in [5.74, 6) is 1.47. The van der Waals surface area contributed by atoms with Crippen molar-refractivity contribution in [3.05, 3.63) is 22.2 Å². The van der Waals surface area contributed by atoms with Gasteiger partial charge in [0.05, 0.1) is 18.2 Å². The number of benzene rings is 1.